The molecule has 0 bridgehead atoms. The Morgan fingerprint density at radius 1 is 1.47 bits per heavy atom. The second kappa shape index (κ2) is 7.85. The first-order valence-corrected chi connectivity index (χ1v) is 5.95. The van der Waals surface area contributed by atoms with Gasteiger partial charge in [-0.15, -0.1) is 0 Å². The maximum atomic E-state index is 11.0. The van der Waals surface area contributed by atoms with Crippen molar-refractivity contribution >= 4 is 28.1 Å². The van der Waals surface area contributed by atoms with E-state index < -0.39 is 5.91 Å². The number of amides is 1. The molecule has 1 aromatic carbocycles. The molecule has 0 atom stereocenters. The second-order valence-electron chi connectivity index (χ2n) is 3.26. The highest BCUT2D eigenvalue weighted by Gasteiger charge is 2.01. The van der Waals surface area contributed by atoms with Crippen LogP contribution in [0.3, 0.4) is 0 Å². The van der Waals surface area contributed by atoms with Crippen LogP contribution in [-0.2, 0) is 4.79 Å². The van der Waals surface area contributed by atoms with Gasteiger partial charge in [-0.3, -0.25) is 4.79 Å². The number of carbonyl (C=O) groups is 1. The SMILES string of the molecule is N#CCOc1ccc(/C=N\NC(=O)CC#N)cc1Br. The van der Waals surface area contributed by atoms with Crippen LogP contribution in [0.15, 0.2) is 27.8 Å². The van der Waals surface area contributed by atoms with Crippen molar-refractivity contribution in [1.82, 2.24) is 5.43 Å². The van der Waals surface area contributed by atoms with Gasteiger partial charge in [0.2, 0.25) is 0 Å². The van der Waals surface area contributed by atoms with Crippen molar-refractivity contribution in [1.29, 1.82) is 10.5 Å². The van der Waals surface area contributed by atoms with E-state index in [9.17, 15) is 4.79 Å². The van der Waals surface area contributed by atoms with Crippen LogP contribution >= 0.6 is 15.9 Å². The van der Waals surface area contributed by atoms with Gasteiger partial charge >= 0.3 is 0 Å². The number of benzene rings is 1. The Kier molecular flexibility index (Phi) is 6.07. The fourth-order valence-electron chi connectivity index (χ4n) is 1.11. The number of hydrogen-bond acceptors (Lipinski definition) is 5. The number of hydrogen-bond donors (Lipinski definition) is 1. The van der Waals surface area contributed by atoms with Crippen molar-refractivity contribution in [2.75, 3.05) is 6.61 Å². The van der Waals surface area contributed by atoms with Crippen molar-refractivity contribution in [3.8, 4) is 17.9 Å². The van der Waals surface area contributed by atoms with Gasteiger partial charge < -0.3 is 4.74 Å². The minimum Gasteiger partial charge on any atom is -0.478 e. The second-order valence-corrected chi connectivity index (χ2v) is 4.12. The van der Waals surface area contributed by atoms with Gasteiger partial charge in [-0.25, -0.2) is 5.43 Å². The smallest absolute Gasteiger partial charge is 0.254 e. The molecular weight excluding hydrogens is 312 g/mol. The predicted molar refractivity (Wildman–Crippen MR) is 71.2 cm³/mol. The summed E-state index contributed by atoms with van der Waals surface area (Å²) in [6.45, 7) is -0.0315. The van der Waals surface area contributed by atoms with E-state index in [1.807, 2.05) is 6.07 Å². The minimum atomic E-state index is -0.466. The lowest BCUT2D eigenvalue weighted by atomic mass is 10.2. The number of carbonyl (C=O) groups excluding carboxylic acids is 1. The zero-order chi connectivity index (χ0) is 14.1. The molecule has 96 valence electrons. The molecule has 1 amide bonds. The van der Waals surface area contributed by atoms with Crippen LogP contribution in [0, 0.1) is 22.7 Å². The molecular formula is C12H9BrN4O2. The molecule has 0 heterocycles. The molecule has 0 aliphatic heterocycles. The highest BCUT2D eigenvalue weighted by molar-refractivity contribution is 9.10. The van der Waals surface area contributed by atoms with Gasteiger partial charge in [-0.1, -0.05) is 0 Å². The summed E-state index contributed by atoms with van der Waals surface area (Å²) in [5.74, 6) is 0.0824. The Morgan fingerprint density at radius 3 is 2.89 bits per heavy atom. The summed E-state index contributed by atoms with van der Waals surface area (Å²) in [6, 6.07) is 8.72. The van der Waals surface area contributed by atoms with Gasteiger partial charge in [0.25, 0.3) is 5.91 Å². The van der Waals surface area contributed by atoms with Crippen molar-refractivity contribution in [2.45, 2.75) is 6.42 Å². The maximum absolute atomic E-state index is 11.0. The Hall–Kier alpha value is -2.38. The normalized spacial score (nSPS) is 9.63. The Bertz CT molecular complexity index is 572. The lowest BCUT2D eigenvalue weighted by Gasteiger charge is -2.04. The summed E-state index contributed by atoms with van der Waals surface area (Å²) in [5, 5.41) is 20.4. The Balaban J connectivity index is 2.64. The summed E-state index contributed by atoms with van der Waals surface area (Å²) in [4.78, 5) is 11.0. The van der Waals surface area contributed by atoms with Gasteiger partial charge in [-0.05, 0) is 39.7 Å². The first kappa shape index (κ1) is 14.7. The molecule has 0 radical (unpaired) electrons. The highest BCUT2D eigenvalue weighted by atomic mass is 79.9. The summed E-state index contributed by atoms with van der Waals surface area (Å²) < 4.78 is 5.83. The fourth-order valence-corrected chi connectivity index (χ4v) is 1.63. The third-order valence-corrected chi connectivity index (χ3v) is 2.51. The van der Waals surface area contributed by atoms with Crippen molar-refractivity contribution < 1.29 is 9.53 Å². The Morgan fingerprint density at radius 2 is 2.26 bits per heavy atom. The molecule has 1 N–H and O–H groups in total. The van der Waals surface area contributed by atoms with Gasteiger partial charge in [0.05, 0.1) is 16.8 Å². The lowest BCUT2D eigenvalue weighted by Crippen LogP contribution is -2.16. The van der Waals surface area contributed by atoms with Gasteiger partial charge in [0, 0.05) is 0 Å². The van der Waals surface area contributed by atoms with Gasteiger partial charge in [0.15, 0.2) is 6.61 Å². The number of nitrogens with zero attached hydrogens (tertiary/aromatic N) is 3. The van der Waals surface area contributed by atoms with Crippen LogP contribution in [-0.4, -0.2) is 18.7 Å². The zero-order valence-corrected chi connectivity index (χ0v) is 11.3. The van der Waals surface area contributed by atoms with Crippen LogP contribution < -0.4 is 10.2 Å². The molecule has 6 nitrogen and oxygen atoms in total. The number of nitriles is 2. The van der Waals surface area contributed by atoms with Crippen LogP contribution in [0.2, 0.25) is 0 Å². The molecule has 0 saturated heterocycles. The molecule has 7 heteroatoms. The molecule has 1 aromatic rings. The summed E-state index contributed by atoms with van der Waals surface area (Å²) in [7, 11) is 0. The third-order valence-electron chi connectivity index (χ3n) is 1.89. The highest BCUT2D eigenvalue weighted by Crippen LogP contribution is 2.25. The Labute approximate surface area is 118 Å². The topological polar surface area (TPSA) is 98.3 Å². The molecule has 0 aromatic heterocycles. The molecule has 0 spiro atoms. The first-order chi connectivity index (χ1) is 9.17. The molecule has 0 unspecified atom stereocenters. The van der Waals surface area contributed by atoms with Crippen LogP contribution in [0.25, 0.3) is 0 Å². The molecule has 0 aliphatic carbocycles. The quantitative estimate of drug-likeness (QED) is 0.659. The average molecular weight is 321 g/mol. The zero-order valence-electron chi connectivity index (χ0n) is 9.76. The van der Waals surface area contributed by atoms with Gasteiger partial charge in [0.1, 0.15) is 18.2 Å². The molecule has 0 aliphatic rings. The molecule has 0 fully saturated rings. The average Bonchev–Trinajstić information content (AvgIpc) is 2.38. The monoisotopic (exact) mass is 320 g/mol. The van der Waals surface area contributed by atoms with Gasteiger partial charge in [-0.2, -0.15) is 15.6 Å². The van der Waals surface area contributed by atoms with Crippen molar-refractivity contribution in [3.63, 3.8) is 0 Å². The first-order valence-electron chi connectivity index (χ1n) is 5.15. The van der Waals surface area contributed by atoms with E-state index in [0.717, 1.165) is 5.56 Å². The van der Waals surface area contributed by atoms with E-state index in [-0.39, 0.29) is 13.0 Å². The van der Waals surface area contributed by atoms with E-state index in [1.165, 1.54) is 6.21 Å². The summed E-state index contributed by atoms with van der Waals surface area (Å²) >= 11 is 3.30. The van der Waals surface area contributed by atoms with E-state index in [4.69, 9.17) is 15.3 Å². The van der Waals surface area contributed by atoms with Crippen molar-refractivity contribution in [3.05, 3.63) is 28.2 Å². The molecule has 0 saturated carbocycles. The predicted octanol–water partition coefficient (Wildman–Crippen LogP) is 1.72. The van der Waals surface area contributed by atoms with Crippen LogP contribution in [0.5, 0.6) is 5.75 Å². The minimum absolute atomic E-state index is 0.0315. The van der Waals surface area contributed by atoms with E-state index >= 15 is 0 Å². The number of rotatable bonds is 5. The summed E-state index contributed by atoms with van der Waals surface area (Å²) in [5.41, 5.74) is 2.95. The number of nitrogens with one attached hydrogen (secondary N) is 1. The third kappa shape index (κ3) is 5.19. The van der Waals surface area contributed by atoms with E-state index in [1.54, 1.807) is 24.3 Å². The maximum Gasteiger partial charge on any atom is 0.254 e. The largest absolute Gasteiger partial charge is 0.478 e. The number of halogens is 1. The van der Waals surface area contributed by atoms with Crippen LogP contribution in [0.4, 0.5) is 0 Å². The van der Waals surface area contributed by atoms with E-state index in [2.05, 4.69) is 26.5 Å². The fraction of sp³-hybridized carbons (Fsp3) is 0.167. The number of ether oxygens (including phenoxy) is 1. The van der Waals surface area contributed by atoms with Crippen LogP contribution in [0.1, 0.15) is 12.0 Å². The van der Waals surface area contributed by atoms with Crippen molar-refractivity contribution in [2.24, 2.45) is 5.10 Å². The standard InChI is InChI=1S/C12H9BrN4O2/c13-10-7-9(1-2-11(10)19-6-5-15)8-16-17-12(18)3-4-14/h1-2,7-8H,3,6H2,(H,17,18)/b16-8-. The molecule has 1 rings (SSSR count). The number of hydrazone groups is 1. The van der Waals surface area contributed by atoms with E-state index in [0.29, 0.717) is 10.2 Å². The summed E-state index contributed by atoms with van der Waals surface area (Å²) in [6.07, 6.45) is 1.20. The lowest BCUT2D eigenvalue weighted by molar-refractivity contribution is -0.120. The molecule has 19 heavy (non-hydrogen) atoms.